The van der Waals surface area contributed by atoms with Crippen molar-refractivity contribution >= 4 is 62.8 Å². The summed E-state index contributed by atoms with van der Waals surface area (Å²) < 4.78 is 5.69. The number of rotatable bonds is 5. The molecule has 0 heterocycles. The lowest BCUT2D eigenvalue weighted by atomic mass is 10.1. The molecule has 6 heteroatoms. The zero-order chi connectivity index (χ0) is 17.7. The number of hydrogen-bond acceptors (Lipinski definition) is 2. The van der Waals surface area contributed by atoms with Crippen LogP contribution in [-0.4, -0.2) is 12.6 Å². The summed E-state index contributed by atoms with van der Waals surface area (Å²) >= 11 is 21.4. The minimum absolute atomic E-state index is 0.342. The molecule has 0 aromatic heterocycles. The molecule has 0 aliphatic heterocycles. The van der Waals surface area contributed by atoms with Gasteiger partial charge in [-0.1, -0.05) is 53.0 Å². The van der Waals surface area contributed by atoms with Crippen molar-refractivity contribution in [1.29, 1.82) is 0 Å². The smallest absolute Gasteiger partial charge is 0.339 e. The highest BCUT2D eigenvalue weighted by Gasteiger charge is 2.10. The first-order valence-electron chi connectivity index (χ1n) is 7.19. The number of halogens is 4. The van der Waals surface area contributed by atoms with E-state index in [4.69, 9.17) is 39.5 Å². The van der Waals surface area contributed by atoms with Crippen LogP contribution in [0.15, 0.2) is 40.9 Å². The predicted octanol–water partition coefficient (Wildman–Crippen LogP) is 6.84. The number of carbonyl (C=O) groups is 1. The Morgan fingerprint density at radius 3 is 2.42 bits per heavy atom. The van der Waals surface area contributed by atoms with Gasteiger partial charge >= 0.3 is 5.97 Å². The normalized spacial score (nSPS) is 11.0. The number of ether oxygens (including phenoxy) is 1. The topological polar surface area (TPSA) is 26.3 Å². The molecule has 0 amide bonds. The van der Waals surface area contributed by atoms with Crippen LogP contribution >= 0.6 is 50.7 Å². The Hall–Kier alpha value is -1.000. The van der Waals surface area contributed by atoms with Crippen LogP contribution in [0.25, 0.3) is 6.08 Å². The maximum atomic E-state index is 11.8. The molecule has 0 radical (unpaired) electrons. The summed E-state index contributed by atoms with van der Waals surface area (Å²) in [4.78, 5) is 11.8. The van der Waals surface area contributed by atoms with E-state index in [-0.39, 0.29) is 5.97 Å². The lowest BCUT2D eigenvalue weighted by Crippen LogP contribution is -2.05. The average Bonchev–Trinajstić information content (AvgIpc) is 2.53. The Labute approximate surface area is 164 Å². The summed E-state index contributed by atoms with van der Waals surface area (Å²) in [6, 6.07) is 9.04. The Bertz CT molecular complexity index is 765. The summed E-state index contributed by atoms with van der Waals surface area (Å²) in [5.74, 6) is -0.342. The molecular weight excluding hydrogens is 434 g/mol. The molecule has 0 fully saturated rings. The van der Waals surface area contributed by atoms with Crippen LogP contribution in [0.1, 0.15) is 28.4 Å². The first-order valence-corrected chi connectivity index (χ1v) is 9.11. The Morgan fingerprint density at radius 2 is 1.83 bits per heavy atom. The van der Waals surface area contributed by atoms with Gasteiger partial charge in [-0.2, -0.15) is 0 Å². The number of esters is 1. The van der Waals surface area contributed by atoms with Crippen molar-refractivity contribution in [2.24, 2.45) is 0 Å². The van der Waals surface area contributed by atoms with Crippen molar-refractivity contribution in [3.8, 4) is 0 Å². The first kappa shape index (κ1) is 19.3. The van der Waals surface area contributed by atoms with Gasteiger partial charge in [0, 0.05) is 4.47 Å². The fraction of sp³-hybridized carbons (Fsp3) is 0.167. The molecule has 2 nitrogen and oxygen atoms in total. The summed E-state index contributed by atoms with van der Waals surface area (Å²) in [6.45, 7) is 2.12. The first-order chi connectivity index (χ1) is 11.4. The molecule has 126 valence electrons. The average molecular weight is 449 g/mol. The Kier molecular flexibility index (Phi) is 7.17. The monoisotopic (exact) mass is 446 g/mol. The molecule has 0 bridgehead atoms. The van der Waals surface area contributed by atoms with Gasteiger partial charge in [0.1, 0.15) is 0 Å². The van der Waals surface area contributed by atoms with Gasteiger partial charge in [0.2, 0.25) is 0 Å². The van der Waals surface area contributed by atoms with E-state index >= 15 is 0 Å². The lowest BCUT2D eigenvalue weighted by molar-refractivity contribution is 0.0525. The molecule has 0 unspecified atom stereocenters. The molecule has 24 heavy (non-hydrogen) atoms. The third-order valence-electron chi connectivity index (χ3n) is 3.20. The fourth-order valence-electron chi connectivity index (χ4n) is 2.07. The predicted molar refractivity (Wildman–Crippen MR) is 104 cm³/mol. The third-order valence-corrected chi connectivity index (χ3v) is 5.05. The van der Waals surface area contributed by atoms with Gasteiger partial charge in [0.25, 0.3) is 0 Å². The molecule has 0 atom stereocenters. The minimum atomic E-state index is -0.342. The highest BCUT2D eigenvalue weighted by Crippen LogP contribution is 2.31. The SMILES string of the molecule is CCOC(=O)c1ccc(/C=C\Cc2cc(Cl)c(Cl)c(Cl)c2)cc1Br. The van der Waals surface area contributed by atoms with Crippen LogP contribution in [-0.2, 0) is 11.2 Å². The van der Waals surface area contributed by atoms with E-state index < -0.39 is 0 Å². The van der Waals surface area contributed by atoms with E-state index in [1.54, 1.807) is 25.1 Å². The van der Waals surface area contributed by atoms with Crippen molar-refractivity contribution < 1.29 is 9.53 Å². The number of hydrogen-bond donors (Lipinski definition) is 0. The van der Waals surface area contributed by atoms with Crippen LogP contribution in [0.4, 0.5) is 0 Å². The van der Waals surface area contributed by atoms with Gasteiger partial charge in [-0.25, -0.2) is 4.79 Å². The molecule has 0 saturated heterocycles. The van der Waals surface area contributed by atoms with Crippen molar-refractivity contribution in [2.45, 2.75) is 13.3 Å². The molecule has 2 aromatic carbocycles. The van der Waals surface area contributed by atoms with Crippen molar-refractivity contribution in [3.63, 3.8) is 0 Å². The zero-order valence-corrected chi connectivity index (χ0v) is 16.6. The van der Waals surface area contributed by atoms with Gasteiger partial charge in [-0.15, -0.1) is 0 Å². The van der Waals surface area contributed by atoms with E-state index in [9.17, 15) is 4.79 Å². The van der Waals surface area contributed by atoms with Gasteiger partial charge in [-0.3, -0.25) is 0 Å². The minimum Gasteiger partial charge on any atom is -0.462 e. The highest BCUT2D eigenvalue weighted by molar-refractivity contribution is 9.10. The molecule has 0 N–H and O–H groups in total. The second-order valence-corrected chi connectivity index (χ2v) is 6.99. The quantitative estimate of drug-likeness (QED) is 0.370. The molecule has 0 aliphatic carbocycles. The number of carbonyl (C=O) groups excluding carboxylic acids is 1. The molecule has 2 rings (SSSR count). The molecule has 0 saturated carbocycles. The van der Waals surface area contributed by atoms with Gasteiger partial charge in [-0.05, 0) is 64.7 Å². The molecule has 0 spiro atoms. The van der Waals surface area contributed by atoms with E-state index in [0.29, 0.717) is 38.1 Å². The van der Waals surface area contributed by atoms with Gasteiger partial charge in [0.15, 0.2) is 0 Å². The number of benzene rings is 2. The van der Waals surface area contributed by atoms with Gasteiger partial charge in [0.05, 0.1) is 27.2 Å². The summed E-state index contributed by atoms with van der Waals surface area (Å²) in [7, 11) is 0. The van der Waals surface area contributed by atoms with Crippen molar-refractivity contribution in [3.05, 3.63) is 72.6 Å². The van der Waals surface area contributed by atoms with Crippen molar-refractivity contribution in [2.75, 3.05) is 6.61 Å². The summed E-state index contributed by atoms with van der Waals surface area (Å²) in [5.41, 5.74) is 2.43. The van der Waals surface area contributed by atoms with E-state index in [0.717, 1.165) is 11.1 Å². The second-order valence-electron chi connectivity index (χ2n) is 4.94. The van der Waals surface area contributed by atoms with E-state index in [1.165, 1.54) is 0 Å². The van der Waals surface area contributed by atoms with Crippen LogP contribution in [0.3, 0.4) is 0 Å². The largest absolute Gasteiger partial charge is 0.462 e. The van der Waals surface area contributed by atoms with Crippen LogP contribution in [0.5, 0.6) is 0 Å². The fourth-order valence-corrected chi connectivity index (χ4v) is 3.27. The van der Waals surface area contributed by atoms with Crippen LogP contribution in [0.2, 0.25) is 15.1 Å². The number of allylic oxidation sites excluding steroid dienone is 1. The van der Waals surface area contributed by atoms with Crippen LogP contribution < -0.4 is 0 Å². The molecule has 0 aliphatic rings. The Balaban J connectivity index is 2.10. The molecule has 2 aromatic rings. The molecular formula is C18H14BrCl3O2. The zero-order valence-electron chi connectivity index (χ0n) is 12.8. The Morgan fingerprint density at radius 1 is 1.17 bits per heavy atom. The van der Waals surface area contributed by atoms with Crippen LogP contribution in [0, 0.1) is 0 Å². The summed E-state index contributed by atoms with van der Waals surface area (Å²) in [6.07, 6.45) is 4.60. The van der Waals surface area contributed by atoms with E-state index in [1.807, 2.05) is 24.3 Å². The third kappa shape index (κ3) is 5.00. The second kappa shape index (κ2) is 8.91. The van der Waals surface area contributed by atoms with Gasteiger partial charge < -0.3 is 4.74 Å². The highest BCUT2D eigenvalue weighted by atomic mass is 79.9. The maximum absolute atomic E-state index is 11.8. The maximum Gasteiger partial charge on any atom is 0.339 e. The summed E-state index contributed by atoms with van der Waals surface area (Å²) in [5, 5.41) is 1.24. The lowest BCUT2D eigenvalue weighted by Gasteiger charge is -2.05. The van der Waals surface area contributed by atoms with E-state index in [2.05, 4.69) is 15.9 Å². The standard InChI is InChI=1S/C18H14BrCl3O2/c1-2-24-18(23)13-7-6-11(8-14(13)19)4-3-5-12-9-15(20)17(22)16(21)10-12/h3-4,6-10H,2,5H2,1H3/b4-3-. The van der Waals surface area contributed by atoms with Crippen molar-refractivity contribution in [1.82, 2.24) is 0 Å².